The summed E-state index contributed by atoms with van der Waals surface area (Å²) in [5.41, 5.74) is 0.613. The van der Waals surface area contributed by atoms with Gasteiger partial charge in [-0.1, -0.05) is 18.2 Å². The minimum absolute atomic E-state index is 0.0333. The molecule has 1 fully saturated rings. The number of ether oxygens (including phenoxy) is 1. The van der Waals surface area contributed by atoms with E-state index in [4.69, 9.17) is 4.74 Å². The number of benzene rings is 1. The Morgan fingerprint density at radius 3 is 2.74 bits per heavy atom. The molecule has 1 unspecified atom stereocenters. The second kappa shape index (κ2) is 6.79. The number of carbonyl (C=O) groups is 1. The third-order valence-electron chi connectivity index (χ3n) is 4.04. The van der Waals surface area contributed by atoms with Gasteiger partial charge in [-0.2, -0.15) is 0 Å². The average Bonchev–Trinajstić information content (AvgIpc) is 2.55. The van der Waals surface area contributed by atoms with Gasteiger partial charge in [-0.15, -0.1) is 0 Å². The fraction of sp³-hybridized carbons (Fsp3) is 0.333. The zero-order chi connectivity index (χ0) is 16.2. The van der Waals surface area contributed by atoms with Crippen molar-refractivity contribution < 1.29 is 9.53 Å². The Labute approximate surface area is 136 Å². The van der Waals surface area contributed by atoms with Gasteiger partial charge in [0.15, 0.2) is 0 Å². The van der Waals surface area contributed by atoms with E-state index < -0.39 is 0 Å². The quantitative estimate of drug-likeness (QED) is 0.874. The number of para-hydroxylation sites is 1. The van der Waals surface area contributed by atoms with Crippen molar-refractivity contribution in [3.8, 4) is 11.6 Å². The molecule has 2 aromatic rings. The van der Waals surface area contributed by atoms with Crippen LogP contribution in [0.25, 0.3) is 0 Å². The summed E-state index contributed by atoms with van der Waals surface area (Å²) in [7, 11) is 2.08. The van der Waals surface area contributed by atoms with Crippen LogP contribution in [0.3, 0.4) is 0 Å². The Morgan fingerprint density at radius 1 is 1.22 bits per heavy atom. The van der Waals surface area contributed by atoms with E-state index >= 15 is 0 Å². The summed E-state index contributed by atoms with van der Waals surface area (Å²) in [6.07, 6.45) is 1.62. The lowest BCUT2D eigenvalue weighted by Gasteiger charge is -2.38. The molecule has 1 aromatic heterocycles. The highest BCUT2D eigenvalue weighted by atomic mass is 16.5. The summed E-state index contributed by atoms with van der Waals surface area (Å²) in [4.78, 5) is 21.1. The van der Waals surface area contributed by atoms with Crippen LogP contribution in [-0.2, 0) is 0 Å². The summed E-state index contributed by atoms with van der Waals surface area (Å²) in [6, 6.07) is 13.1. The summed E-state index contributed by atoms with van der Waals surface area (Å²) in [5.74, 6) is 1.17. The van der Waals surface area contributed by atoms with Crippen LogP contribution in [0.1, 0.15) is 17.3 Å². The number of rotatable bonds is 3. The SMILES string of the molecule is CC1CN(C)CCN1C(=O)c1ccnc(Oc2ccccc2)c1. The molecule has 0 aliphatic carbocycles. The number of nitrogens with zero attached hydrogens (tertiary/aromatic N) is 3. The van der Waals surface area contributed by atoms with Gasteiger partial charge in [0, 0.05) is 43.5 Å². The van der Waals surface area contributed by atoms with Gasteiger partial charge in [0.05, 0.1) is 0 Å². The van der Waals surface area contributed by atoms with Gasteiger partial charge in [-0.3, -0.25) is 4.79 Å². The van der Waals surface area contributed by atoms with E-state index in [0.29, 0.717) is 17.2 Å². The second-order valence-corrected chi connectivity index (χ2v) is 5.91. The third kappa shape index (κ3) is 3.68. The molecule has 0 bridgehead atoms. The third-order valence-corrected chi connectivity index (χ3v) is 4.04. The molecular formula is C18H21N3O2. The van der Waals surface area contributed by atoms with Crippen molar-refractivity contribution in [3.63, 3.8) is 0 Å². The molecule has 0 N–H and O–H groups in total. The summed E-state index contributed by atoms with van der Waals surface area (Å²) < 4.78 is 5.71. The molecule has 1 aliphatic heterocycles. The van der Waals surface area contributed by atoms with Gasteiger partial charge in [-0.05, 0) is 32.2 Å². The average molecular weight is 311 g/mol. The monoisotopic (exact) mass is 311 g/mol. The fourth-order valence-corrected chi connectivity index (χ4v) is 2.81. The maximum atomic E-state index is 12.7. The predicted octanol–water partition coefficient (Wildman–Crippen LogP) is 2.65. The van der Waals surface area contributed by atoms with Crippen LogP contribution >= 0.6 is 0 Å². The van der Waals surface area contributed by atoms with E-state index in [0.717, 1.165) is 19.6 Å². The number of amides is 1. The minimum atomic E-state index is 0.0333. The van der Waals surface area contributed by atoms with Crippen LogP contribution in [0.5, 0.6) is 11.6 Å². The van der Waals surface area contributed by atoms with E-state index in [-0.39, 0.29) is 11.9 Å². The smallest absolute Gasteiger partial charge is 0.254 e. The molecular weight excluding hydrogens is 290 g/mol. The number of likely N-dealkylation sites (N-methyl/N-ethyl adjacent to an activating group) is 1. The fourth-order valence-electron chi connectivity index (χ4n) is 2.81. The molecule has 0 radical (unpaired) electrons. The van der Waals surface area contributed by atoms with Gasteiger partial charge in [0.2, 0.25) is 5.88 Å². The normalized spacial score (nSPS) is 18.7. The highest BCUT2D eigenvalue weighted by Crippen LogP contribution is 2.21. The number of pyridine rings is 1. The molecule has 0 spiro atoms. The van der Waals surface area contributed by atoms with Crippen LogP contribution in [0.4, 0.5) is 0 Å². The van der Waals surface area contributed by atoms with Crippen LogP contribution in [-0.4, -0.2) is 53.4 Å². The second-order valence-electron chi connectivity index (χ2n) is 5.91. The first kappa shape index (κ1) is 15.5. The lowest BCUT2D eigenvalue weighted by Crippen LogP contribution is -2.52. The number of piperazine rings is 1. The Kier molecular flexibility index (Phi) is 4.57. The Morgan fingerprint density at radius 2 is 2.00 bits per heavy atom. The molecule has 1 atom stereocenters. The molecule has 1 amide bonds. The van der Waals surface area contributed by atoms with E-state index in [1.54, 1.807) is 18.3 Å². The molecule has 1 aromatic carbocycles. The van der Waals surface area contributed by atoms with E-state index in [1.807, 2.05) is 35.2 Å². The number of carbonyl (C=O) groups excluding carboxylic acids is 1. The van der Waals surface area contributed by atoms with E-state index in [9.17, 15) is 4.79 Å². The number of hydrogen-bond acceptors (Lipinski definition) is 4. The lowest BCUT2D eigenvalue weighted by molar-refractivity contribution is 0.0533. The van der Waals surface area contributed by atoms with Gasteiger partial charge in [-0.25, -0.2) is 4.98 Å². The van der Waals surface area contributed by atoms with Crippen molar-refractivity contribution in [2.24, 2.45) is 0 Å². The molecule has 1 saturated heterocycles. The van der Waals surface area contributed by atoms with E-state index in [2.05, 4.69) is 23.9 Å². The first-order chi connectivity index (χ1) is 11.1. The van der Waals surface area contributed by atoms with Crippen LogP contribution in [0.2, 0.25) is 0 Å². The Bertz CT molecular complexity index is 675. The van der Waals surface area contributed by atoms with Gasteiger partial charge in [0.25, 0.3) is 5.91 Å². The van der Waals surface area contributed by atoms with Crippen LogP contribution in [0, 0.1) is 0 Å². The minimum Gasteiger partial charge on any atom is -0.439 e. The van der Waals surface area contributed by atoms with Crippen molar-refractivity contribution >= 4 is 5.91 Å². The maximum Gasteiger partial charge on any atom is 0.254 e. The van der Waals surface area contributed by atoms with Gasteiger partial charge in [0.1, 0.15) is 5.75 Å². The summed E-state index contributed by atoms with van der Waals surface area (Å²) >= 11 is 0. The van der Waals surface area contributed by atoms with Crippen molar-refractivity contribution in [1.29, 1.82) is 0 Å². The van der Waals surface area contributed by atoms with Crippen molar-refractivity contribution in [3.05, 3.63) is 54.2 Å². The first-order valence-corrected chi connectivity index (χ1v) is 7.82. The zero-order valence-electron chi connectivity index (χ0n) is 13.5. The van der Waals surface area contributed by atoms with E-state index in [1.165, 1.54) is 0 Å². The first-order valence-electron chi connectivity index (χ1n) is 7.82. The molecule has 1 aliphatic rings. The molecule has 23 heavy (non-hydrogen) atoms. The Balaban J connectivity index is 1.75. The highest BCUT2D eigenvalue weighted by Gasteiger charge is 2.26. The standard InChI is InChI=1S/C18H21N3O2/c1-14-13-20(2)10-11-21(14)18(22)15-8-9-19-17(12-15)23-16-6-4-3-5-7-16/h3-9,12,14H,10-11,13H2,1-2H3. The lowest BCUT2D eigenvalue weighted by atomic mass is 10.1. The van der Waals surface area contributed by atoms with Crippen LogP contribution in [0.15, 0.2) is 48.7 Å². The highest BCUT2D eigenvalue weighted by molar-refractivity contribution is 5.94. The van der Waals surface area contributed by atoms with Crippen LogP contribution < -0.4 is 4.74 Å². The molecule has 5 nitrogen and oxygen atoms in total. The predicted molar refractivity (Wildman–Crippen MR) is 88.7 cm³/mol. The zero-order valence-corrected chi connectivity index (χ0v) is 13.5. The largest absolute Gasteiger partial charge is 0.439 e. The topological polar surface area (TPSA) is 45.7 Å². The van der Waals surface area contributed by atoms with Crippen molar-refractivity contribution in [2.45, 2.75) is 13.0 Å². The number of aromatic nitrogens is 1. The Hall–Kier alpha value is -2.40. The summed E-state index contributed by atoms with van der Waals surface area (Å²) in [5, 5.41) is 0. The van der Waals surface area contributed by atoms with Crippen molar-refractivity contribution in [2.75, 3.05) is 26.7 Å². The van der Waals surface area contributed by atoms with Gasteiger partial charge < -0.3 is 14.5 Å². The maximum absolute atomic E-state index is 12.7. The molecule has 5 heteroatoms. The summed E-state index contributed by atoms with van der Waals surface area (Å²) in [6.45, 7) is 4.61. The molecule has 2 heterocycles. The molecule has 3 rings (SSSR count). The van der Waals surface area contributed by atoms with Crippen molar-refractivity contribution in [1.82, 2.24) is 14.8 Å². The van der Waals surface area contributed by atoms with Gasteiger partial charge >= 0.3 is 0 Å². The molecule has 0 saturated carbocycles. The molecule has 120 valence electrons. The number of hydrogen-bond donors (Lipinski definition) is 0.